The minimum Gasteiger partial charge on any atom is -0.309 e. The number of hydrogen-bond acceptors (Lipinski definition) is 5. The van der Waals surface area contributed by atoms with Crippen molar-refractivity contribution in [1.29, 1.82) is 0 Å². The van der Waals surface area contributed by atoms with E-state index in [0.29, 0.717) is 11.6 Å². The third-order valence-corrected chi connectivity index (χ3v) is 5.14. The van der Waals surface area contributed by atoms with Crippen LogP contribution in [0.1, 0.15) is 16.3 Å². The van der Waals surface area contributed by atoms with Crippen LogP contribution in [0, 0.1) is 13.8 Å². The first-order chi connectivity index (χ1) is 9.65. The van der Waals surface area contributed by atoms with Gasteiger partial charge < -0.3 is 4.98 Å². The highest BCUT2D eigenvalue weighted by Crippen LogP contribution is 2.26. The second-order valence-corrected chi connectivity index (χ2v) is 6.63. The van der Waals surface area contributed by atoms with Gasteiger partial charge in [-0.2, -0.15) is 0 Å². The van der Waals surface area contributed by atoms with Gasteiger partial charge in [0, 0.05) is 11.1 Å². The number of thiophene rings is 1. The summed E-state index contributed by atoms with van der Waals surface area (Å²) in [7, 11) is 0. The molecular formula is C14H13N3OS2. The lowest BCUT2D eigenvalue weighted by Gasteiger charge is -2.01. The van der Waals surface area contributed by atoms with E-state index < -0.39 is 0 Å². The summed E-state index contributed by atoms with van der Waals surface area (Å²) in [4.78, 5) is 25.8. The summed E-state index contributed by atoms with van der Waals surface area (Å²) in [5.41, 5.74) is 0.983. The normalized spacial score (nSPS) is 11.1. The van der Waals surface area contributed by atoms with Crippen LogP contribution in [-0.4, -0.2) is 15.0 Å². The predicted octanol–water partition coefficient (Wildman–Crippen LogP) is 3.29. The third kappa shape index (κ3) is 2.48. The zero-order valence-corrected chi connectivity index (χ0v) is 12.8. The van der Waals surface area contributed by atoms with Crippen molar-refractivity contribution in [3.8, 4) is 0 Å². The van der Waals surface area contributed by atoms with Gasteiger partial charge in [0.2, 0.25) is 0 Å². The molecule has 102 valence electrons. The fourth-order valence-electron chi connectivity index (χ4n) is 1.94. The molecule has 3 aromatic rings. The maximum atomic E-state index is 12.1. The molecule has 6 heteroatoms. The molecule has 0 aromatic carbocycles. The van der Waals surface area contributed by atoms with E-state index in [0.717, 1.165) is 25.7 Å². The zero-order chi connectivity index (χ0) is 14.1. The van der Waals surface area contributed by atoms with E-state index in [4.69, 9.17) is 0 Å². The number of aromatic nitrogens is 3. The number of thioether (sulfide) groups is 1. The van der Waals surface area contributed by atoms with Crippen LogP contribution in [0.25, 0.3) is 10.2 Å². The van der Waals surface area contributed by atoms with Gasteiger partial charge in [0.1, 0.15) is 10.7 Å². The number of H-pyrrole nitrogens is 1. The molecule has 0 bridgehead atoms. The number of fused-ring (bicyclic) bond motifs is 1. The van der Waals surface area contributed by atoms with Crippen molar-refractivity contribution in [2.75, 3.05) is 0 Å². The summed E-state index contributed by atoms with van der Waals surface area (Å²) in [6.07, 6.45) is 1.76. The zero-order valence-electron chi connectivity index (χ0n) is 11.1. The minimum absolute atomic E-state index is 0.0477. The highest BCUT2D eigenvalue weighted by molar-refractivity contribution is 7.98. The second-order valence-electron chi connectivity index (χ2n) is 4.43. The maximum absolute atomic E-state index is 12.1. The number of aromatic amines is 1. The van der Waals surface area contributed by atoms with Crippen LogP contribution in [0.15, 0.2) is 34.2 Å². The Morgan fingerprint density at radius 1 is 1.35 bits per heavy atom. The van der Waals surface area contributed by atoms with E-state index in [2.05, 4.69) is 15.0 Å². The lowest BCUT2D eigenvalue weighted by atomic mass is 10.2. The molecule has 0 spiro atoms. The Bertz CT molecular complexity index is 808. The van der Waals surface area contributed by atoms with Gasteiger partial charge in [0.25, 0.3) is 5.56 Å². The first kappa shape index (κ1) is 13.3. The van der Waals surface area contributed by atoms with Gasteiger partial charge in [0.05, 0.1) is 16.2 Å². The summed E-state index contributed by atoms with van der Waals surface area (Å²) in [6.45, 7) is 3.98. The molecule has 0 radical (unpaired) electrons. The highest BCUT2D eigenvalue weighted by Gasteiger charge is 2.11. The summed E-state index contributed by atoms with van der Waals surface area (Å²) in [5.74, 6) is 1.30. The minimum atomic E-state index is -0.0477. The van der Waals surface area contributed by atoms with Crippen LogP contribution in [-0.2, 0) is 5.75 Å². The topological polar surface area (TPSA) is 58.6 Å². The Labute approximate surface area is 124 Å². The predicted molar refractivity (Wildman–Crippen MR) is 83.5 cm³/mol. The van der Waals surface area contributed by atoms with Crippen LogP contribution in [0.4, 0.5) is 0 Å². The average Bonchev–Trinajstić information content (AvgIpc) is 2.73. The van der Waals surface area contributed by atoms with Gasteiger partial charge in [-0.3, -0.25) is 4.79 Å². The largest absolute Gasteiger partial charge is 0.309 e. The van der Waals surface area contributed by atoms with Gasteiger partial charge in [-0.05, 0) is 31.5 Å². The Kier molecular flexibility index (Phi) is 3.58. The summed E-state index contributed by atoms with van der Waals surface area (Å²) in [5, 5.41) is 1.65. The van der Waals surface area contributed by atoms with Crippen molar-refractivity contribution < 1.29 is 0 Å². The van der Waals surface area contributed by atoms with Crippen molar-refractivity contribution >= 4 is 33.3 Å². The van der Waals surface area contributed by atoms with Crippen LogP contribution >= 0.6 is 23.1 Å². The molecule has 0 atom stereocenters. The number of rotatable bonds is 3. The standard InChI is InChI=1S/C14H13N3OS2/c1-8-9(2)20-14-12(8)13(18)16-10(17-14)7-19-11-5-3-4-6-15-11/h3-6H,7H2,1-2H3,(H,16,17,18). The lowest BCUT2D eigenvalue weighted by molar-refractivity contribution is 1.04. The Morgan fingerprint density at radius 2 is 2.20 bits per heavy atom. The lowest BCUT2D eigenvalue weighted by Crippen LogP contribution is -2.10. The monoisotopic (exact) mass is 303 g/mol. The SMILES string of the molecule is Cc1sc2nc(CSc3ccccn3)[nH]c(=O)c2c1C. The number of hydrogen-bond donors (Lipinski definition) is 1. The molecule has 3 rings (SSSR count). The highest BCUT2D eigenvalue weighted by atomic mass is 32.2. The van der Waals surface area contributed by atoms with Crippen molar-refractivity contribution in [2.45, 2.75) is 24.6 Å². The number of nitrogens with one attached hydrogen (secondary N) is 1. The summed E-state index contributed by atoms with van der Waals surface area (Å²) >= 11 is 3.14. The smallest absolute Gasteiger partial charge is 0.259 e. The Hall–Kier alpha value is -1.66. The molecule has 0 amide bonds. The number of pyridine rings is 1. The van der Waals surface area contributed by atoms with Crippen molar-refractivity contribution in [1.82, 2.24) is 15.0 Å². The van der Waals surface area contributed by atoms with E-state index in [9.17, 15) is 4.79 Å². The fourth-order valence-corrected chi connectivity index (χ4v) is 3.72. The summed E-state index contributed by atoms with van der Waals surface area (Å²) < 4.78 is 0. The van der Waals surface area contributed by atoms with Crippen molar-refractivity contribution in [3.05, 3.63) is 51.0 Å². The molecule has 0 fully saturated rings. The third-order valence-electron chi connectivity index (χ3n) is 3.08. The van der Waals surface area contributed by atoms with Crippen LogP contribution in [0.3, 0.4) is 0 Å². The molecule has 0 aliphatic rings. The average molecular weight is 303 g/mol. The molecule has 0 unspecified atom stereocenters. The Morgan fingerprint density at radius 3 is 2.95 bits per heavy atom. The van der Waals surface area contributed by atoms with Gasteiger partial charge in [0.15, 0.2) is 0 Å². The van der Waals surface area contributed by atoms with Gasteiger partial charge in [-0.1, -0.05) is 17.8 Å². The van der Waals surface area contributed by atoms with E-state index in [1.807, 2.05) is 32.0 Å². The molecule has 0 saturated carbocycles. The van der Waals surface area contributed by atoms with E-state index in [1.165, 1.54) is 0 Å². The first-order valence-corrected chi connectivity index (χ1v) is 7.98. The molecule has 3 aromatic heterocycles. The summed E-state index contributed by atoms with van der Waals surface area (Å²) in [6, 6.07) is 5.77. The molecule has 0 saturated heterocycles. The molecule has 0 aliphatic carbocycles. The molecule has 4 nitrogen and oxygen atoms in total. The molecule has 3 heterocycles. The van der Waals surface area contributed by atoms with Gasteiger partial charge >= 0.3 is 0 Å². The van der Waals surface area contributed by atoms with Crippen LogP contribution in [0.2, 0.25) is 0 Å². The number of nitrogens with zero attached hydrogens (tertiary/aromatic N) is 2. The fraction of sp³-hybridized carbons (Fsp3) is 0.214. The van der Waals surface area contributed by atoms with Gasteiger partial charge in [-0.25, -0.2) is 9.97 Å². The molecular weight excluding hydrogens is 290 g/mol. The van der Waals surface area contributed by atoms with Gasteiger partial charge in [-0.15, -0.1) is 11.3 Å². The van der Waals surface area contributed by atoms with E-state index >= 15 is 0 Å². The maximum Gasteiger partial charge on any atom is 0.259 e. The van der Waals surface area contributed by atoms with Crippen molar-refractivity contribution in [2.24, 2.45) is 0 Å². The molecule has 20 heavy (non-hydrogen) atoms. The second kappa shape index (κ2) is 5.38. The first-order valence-electron chi connectivity index (χ1n) is 6.18. The van der Waals surface area contributed by atoms with Crippen LogP contribution < -0.4 is 5.56 Å². The van der Waals surface area contributed by atoms with E-state index in [-0.39, 0.29) is 5.56 Å². The molecule has 0 aliphatic heterocycles. The number of aryl methyl sites for hydroxylation is 2. The quantitative estimate of drug-likeness (QED) is 0.754. The van der Waals surface area contributed by atoms with Crippen LogP contribution in [0.5, 0.6) is 0 Å². The van der Waals surface area contributed by atoms with Crippen molar-refractivity contribution in [3.63, 3.8) is 0 Å². The molecule has 1 N–H and O–H groups in total. The Balaban J connectivity index is 1.91. The van der Waals surface area contributed by atoms with E-state index in [1.54, 1.807) is 29.3 Å².